The molecule has 1 aliphatic rings. The molecule has 0 bridgehead atoms. The van der Waals surface area contributed by atoms with Gasteiger partial charge < -0.3 is 14.0 Å². The number of rotatable bonds is 2. The second-order valence-corrected chi connectivity index (χ2v) is 5.13. The standard InChI is InChI=1S/C15H11ClN2O2/c16-11-2-3-13-12(6-11)17-8-18(13)7-10-1-4-14-15(5-10)20-9-19-14/h1-6,8H,7,9H2. The largest absolute Gasteiger partial charge is 0.454 e. The van der Waals surface area contributed by atoms with Crippen LogP contribution in [0.15, 0.2) is 42.7 Å². The fourth-order valence-electron chi connectivity index (χ4n) is 2.40. The molecule has 0 aliphatic carbocycles. The summed E-state index contributed by atoms with van der Waals surface area (Å²) in [7, 11) is 0. The third kappa shape index (κ3) is 1.89. The second-order valence-electron chi connectivity index (χ2n) is 4.69. The van der Waals surface area contributed by atoms with Gasteiger partial charge in [0, 0.05) is 11.6 Å². The number of ether oxygens (including phenoxy) is 2. The Hall–Kier alpha value is -2.20. The summed E-state index contributed by atoms with van der Waals surface area (Å²) < 4.78 is 12.8. The third-order valence-electron chi connectivity index (χ3n) is 3.37. The first-order valence-electron chi connectivity index (χ1n) is 6.28. The minimum Gasteiger partial charge on any atom is -0.454 e. The van der Waals surface area contributed by atoms with E-state index >= 15 is 0 Å². The fraction of sp³-hybridized carbons (Fsp3) is 0.133. The average Bonchev–Trinajstić information content (AvgIpc) is 3.05. The molecular formula is C15H11ClN2O2. The van der Waals surface area contributed by atoms with Crippen LogP contribution in [-0.2, 0) is 6.54 Å². The highest BCUT2D eigenvalue weighted by Crippen LogP contribution is 2.33. The van der Waals surface area contributed by atoms with Crippen molar-refractivity contribution in [1.29, 1.82) is 0 Å². The number of halogens is 1. The molecule has 2 heterocycles. The number of fused-ring (bicyclic) bond motifs is 2. The first kappa shape index (κ1) is 11.6. The molecule has 0 saturated carbocycles. The summed E-state index contributed by atoms with van der Waals surface area (Å²) in [6, 6.07) is 11.7. The van der Waals surface area contributed by atoms with E-state index in [1.54, 1.807) is 0 Å². The van der Waals surface area contributed by atoms with Crippen LogP contribution in [0.4, 0.5) is 0 Å². The molecule has 4 nitrogen and oxygen atoms in total. The van der Waals surface area contributed by atoms with E-state index in [9.17, 15) is 0 Å². The molecule has 0 atom stereocenters. The summed E-state index contributed by atoms with van der Waals surface area (Å²) in [5.41, 5.74) is 3.11. The van der Waals surface area contributed by atoms with Gasteiger partial charge in [0.2, 0.25) is 6.79 Å². The van der Waals surface area contributed by atoms with Crippen LogP contribution in [0.1, 0.15) is 5.56 Å². The van der Waals surface area contributed by atoms with Gasteiger partial charge in [-0.05, 0) is 35.9 Å². The quantitative estimate of drug-likeness (QED) is 0.724. The highest BCUT2D eigenvalue weighted by atomic mass is 35.5. The molecule has 1 aliphatic heterocycles. The van der Waals surface area contributed by atoms with E-state index in [4.69, 9.17) is 21.1 Å². The summed E-state index contributed by atoms with van der Waals surface area (Å²) in [6.07, 6.45) is 1.82. The number of hydrogen-bond donors (Lipinski definition) is 0. The van der Waals surface area contributed by atoms with Gasteiger partial charge in [-0.3, -0.25) is 0 Å². The second kappa shape index (κ2) is 4.42. The third-order valence-corrected chi connectivity index (χ3v) is 3.61. The molecule has 0 unspecified atom stereocenters. The van der Waals surface area contributed by atoms with E-state index in [1.165, 1.54) is 0 Å². The van der Waals surface area contributed by atoms with Gasteiger partial charge in [0.1, 0.15) is 0 Å². The van der Waals surface area contributed by atoms with E-state index in [0.717, 1.165) is 34.6 Å². The Labute approximate surface area is 120 Å². The van der Waals surface area contributed by atoms with E-state index < -0.39 is 0 Å². The molecule has 3 aromatic rings. The van der Waals surface area contributed by atoms with Crippen LogP contribution in [0.3, 0.4) is 0 Å². The monoisotopic (exact) mass is 286 g/mol. The van der Waals surface area contributed by atoms with Crippen LogP contribution in [0, 0.1) is 0 Å². The molecule has 0 N–H and O–H groups in total. The van der Waals surface area contributed by atoms with Gasteiger partial charge in [0.15, 0.2) is 11.5 Å². The SMILES string of the molecule is Clc1ccc2c(c1)ncn2Cc1ccc2c(c1)OCO2. The van der Waals surface area contributed by atoms with E-state index in [1.807, 2.05) is 42.7 Å². The summed E-state index contributed by atoms with van der Waals surface area (Å²) in [6.45, 7) is 1.03. The fourth-order valence-corrected chi connectivity index (χ4v) is 2.57. The van der Waals surface area contributed by atoms with Gasteiger partial charge in [-0.1, -0.05) is 17.7 Å². The van der Waals surface area contributed by atoms with Crippen molar-refractivity contribution in [2.75, 3.05) is 6.79 Å². The van der Waals surface area contributed by atoms with E-state index in [0.29, 0.717) is 11.8 Å². The Morgan fingerprint density at radius 1 is 1.10 bits per heavy atom. The molecule has 0 saturated heterocycles. The van der Waals surface area contributed by atoms with Crippen LogP contribution in [0.25, 0.3) is 11.0 Å². The van der Waals surface area contributed by atoms with Crippen molar-refractivity contribution in [3.63, 3.8) is 0 Å². The molecule has 4 rings (SSSR count). The Balaban J connectivity index is 1.70. The maximum Gasteiger partial charge on any atom is 0.231 e. The number of nitrogens with zero attached hydrogens (tertiary/aromatic N) is 2. The highest BCUT2D eigenvalue weighted by Gasteiger charge is 2.13. The summed E-state index contributed by atoms with van der Waals surface area (Å²) in [5.74, 6) is 1.60. The molecular weight excluding hydrogens is 276 g/mol. The normalized spacial score (nSPS) is 13.1. The molecule has 5 heteroatoms. The zero-order chi connectivity index (χ0) is 13.5. The predicted octanol–water partition coefficient (Wildman–Crippen LogP) is 3.47. The van der Waals surface area contributed by atoms with Gasteiger partial charge in [0.25, 0.3) is 0 Å². The maximum atomic E-state index is 5.97. The number of hydrogen-bond acceptors (Lipinski definition) is 3. The smallest absolute Gasteiger partial charge is 0.231 e. The predicted molar refractivity (Wildman–Crippen MR) is 76.4 cm³/mol. The minimum atomic E-state index is 0.297. The van der Waals surface area contributed by atoms with Crippen LogP contribution in [-0.4, -0.2) is 16.3 Å². The molecule has 0 amide bonds. The van der Waals surface area contributed by atoms with Crippen LogP contribution < -0.4 is 9.47 Å². The Bertz CT molecular complexity index is 798. The van der Waals surface area contributed by atoms with E-state index in [-0.39, 0.29) is 0 Å². The zero-order valence-electron chi connectivity index (χ0n) is 10.5. The van der Waals surface area contributed by atoms with Gasteiger partial charge in [-0.2, -0.15) is 0 Å². The zero-order valence-corrected chi connectivity index (χ0v) is 11.3. The van der Waals surface area contributed by atoms with Crippen molar-refractivity contribution in [2.45, 2.75) is 6.54 Å². The Morgan fingerprint density at radius 2 is 2.00 bits per heavy atom. The average molecular weight is 287 g/mol. The van der Waals surface area contributed by atoms with Gasteiger partial charge in [-0.15, -0.1) is 0 Å². The molecule has 0 radical (unpaired) electrons. The molecule has 20 heavy (non-hydrogen) atoms. The van der Waals surface area contributed by atoms with E-state index in [2.05, 4.69) is 9.55 Å². The van der Waals surface area contributed by atoms with Crippen molar-refractivity contribution in [2.24, 2.45) is 0 Å². The van der Waals surface area contributed by atoms with Crippen molar-refractivity contribution >= 4 is 22.6 Å². The number of benzene rings is 2. The summed E-state index contributed by atoms with van der Waals surface area (Å²) in [4.78, 5) is 4.37. The Morgan fingerprint density at radius 3 is 2.95 bits per heavy atom. The van der Waals surface area contributed by atoms with Crippen molar-refractivity contribution < 1.29 is 9.47 Å². The van der Waals surface area contributed by atoms with Gasteiger partial charge in [-0.25, -0.2) is 4.98 Å². The number of aromatic nitrogens is 2. The highest BCUT2D eigenvalue weighted by molar-refractivity contribution is 6.31. The van der Waals surface area contributed by atoms with Gasteiger partial charge in [0.05, 0.1) is 17.4 Å². The lowest BCUT2D eigenvalue weighted by Gasteiger charge is -2.06. The molecule has 100 valence electrons. The number of imidazole rings is 1. The lowest BCUT2D eigenvalue weighted by Crippen LogP contribution is -1.97. The Kier molecular flexibility index (Phi) is 2.57. The molecule has 1 aromatic heterocycles. The van der Waals surface area contributed by atoms with Crippen molar-refractivity contribution in [3.8, 4) is 11.5 Å². The lowest BCUT2D eigenvalue weighted by molar-refractivity contribution is 0.174. The first-order valence-corrected chi connectivity index (χ1v) is 6.66. The topological polar surface area (TPSA) is 36.3 Å². The van der Waals surface area contributed by atoms with Crippen molar-refractivity contribution in [3.05, 3.63) is 53.3 Å². The van der Waals surface area contributed by atoms with Crippen LogP contribution in [0.5, 0.6) is 11.5 Å². The minimum absolute atomic E-state index is 0.297. The van der Waals surface area contributed by atoms with Crippen LogP contribution in [0.2, 0.25) is 5.02 Å². The molecule has 0 fully saturated rings. The molecule has 0 spiro atoms. The van der Waals surface area contributed by atoms with Crippen LogP contribution >= 0.6 is 11.6 Å². The first-order chi connectivity index (χ1) is 9.79. The van der Waals surface area contributed by atoms with Crippen molar-refractivity contribution in [1.82, 2.24) is 9.55 Å². The summed E-state index contributed by atoms with van der Waals surface area (Å²) in [5, 5.41) is 0.700. The lowest BCUT2D eigenvalue weighted by atomic mass is 10.2. The van der Waals surface area contributed by atoms with Gasteiger partial charge >= 0.3 is 0 Å². The maximum absolute atomic E-state index is 5.97. The molecule has 2 aromatic carbocycles. The summed E-state index contributed by atoms with van der Waals surface area (Å²) >= 11 is 5.97.